The van der Waals surface area contributed by atoms with E-state index in [4.69, 9.17) is 20.2 Å². The van der Waals surface area contributed by atoms with Gasteiger partial charge in [0.1, 0.15) is 0 Å². The molecule has 20 heavy (non-hydrogen) atoms. The van der Waals surface area contributed by atoms with E-state index in [9.17, 15) is 19.0 Å². The van der Waals surface area contributed by atoms with Crippen molar-refractivity contribution in [3.8, 4) is 0 Å². The maximum absolute atomic E-state index is 11.4. The fourth-order valence-electron chi connectivity index (χ4n) is 1.80. The van der Waals surface area contributed by atoms with Gasteiger partial charge in [-0.2, -0.15) is 0 Å². The molecule has 0 aliphatic heterocycles. The smallest absolute Gasteiger partial charge is 0.467 e. The van der Waals surface area contributed by atoms with Crippen LogP contribution in [0.2, 0.25) is 0 Å². The summed E-state index contributed by atoms with van der Waals surface area (Å²) in [5.74, 6) is -1.50. The Morgan fingerprint density at radius 2 is 1.85 bits per heavy atom. The van der Waals surface area contributed by atoms with E-state index >= 15 is 0 Å². The van der Waals surface area contributed by atoms with Gasteiger partial charge in [0.25, 0.3) is 0 Å². The fraction of sp³-hybridized carbons (Fsp3) is 0.875. The van der Waals surface area contributed by atoms with Crippen LogP contribution in [-0.4, -0.2) is 43.4 Å². The molecule has 12 heteroatoms. The molecule has 1 fully saturated rings. The van der Waals surface area contributed by atoms with Crippen LogP contribution in [0.5, 0.6) is 0 Å². The summed E-state index contributed by atoms with van der Waals surface area (Å²) >= 11 is 0. The minimum Gasteiger partial charge on any atom is -0.481 e. The Bertz CT molecular complexity index is 454. The average molecular weight is 334 g/mol. The zero-order valence-electron chi connectivity index (χ0n) is 10.3. The number of carbonyl (C=O) groups is 1. The van der Waals surface area contributed by atoms with Gasteiger partial charge < -0.3 is 20.0 Å². The van der Waals surface area contributed by atoms with Crippen molar-refractivity contribution < 1.29 is 48.4 Å². The van der Waals surface area contributed by atoms with E-state index in [1.807, 2.05) is 0 Å². The van der Waals surface area contributed by atoms with Crippen molar-refractivity contribution in [1.29, 1.82) is 0 Å². The molecule has 0 aromatic rings. The minimum atomic E-state index is -5.34. The zero-order chi connectivity index (χ0) is 15.6. The molecule has 0 amide bonds. The molecule has 0 radical (unpaired) electrons. The summed E-state index contributed by atoms with van der Waals surface area (Å²) in [4.78, 5) is 28.1. The lowest BCUT2D eigenvalue weighted by Crippen LogP contribution is -2.35. The standard InChI is InChI=1S/C8H16O10P2/c9-7(10)5-8(11,6-1-2-6)3-4-17-20(16,18-12)19(13,14)15/h6,11-12H,1-5H2,(H,9,10)(H2,13,14,15). The molecule has 0 aromatic heterocycles. The molecule has 10 nitrogen and oxygen atoms in total. The quantitative estimate of drug-likeness (QED) is 0.230. The van der Waals surface area contributed by atoms with Crippen molar-refractivity contribution in [2.24, 2.45) is 5.92 Å². The fourth-order valence-corrected chi connectivity index (χ4v) is 3.40. The van der Waals surface area contributed by atoms with Gasteiger partial charge >= 0.3 is 20.5 Å². The SMILES string of the molecule is O=C(O)CC(O)(CCOP(=O)(OO)P(=O)(O)O)C1CC1. The summed E-state index contributed by atoms with van der Waals surface area (Å²) in [7, 11) is -10.4. The summed E-state index contributed by atoms with van der Waals surface area (Å²) in [6, 6.07) is 0. The second-order valence-corrected chi connectivity index (χ2v) is 10.0. The van der Waals surface area contributed by atoms with Gasteiger partial charge in [-0.25, -0.2) is 14.4 Å². The van der Waals surface area contributed by atoms with Gasteiger partial charge in [-0.1, -0.05) is 0 Å². The molecule has 0 bridgehead atoms. The maximum Gasteiger partial charge on any atom is 0.467 e. The summed E-state index contributed by atoms with van der Waals surface area (Å²) in [6.07, 6.45) is 0.366. The van der Waals surface area contributed by atoms with Crippen LogP contribution < -0.4 is 0 Å². The van der Waals surface area contributed by atoms with Crippen molar-refractivity contribution in [2.75, 3.05) is 6.61 Å². The Balaban J connectivity index is 2.63. The van der Waals surface area contributed by atoms with Crippen LogP contribution in [0, 0.1) is 5.92 Å². The van der Waals surface area contributed by atoms with E-state index in [0.717, 1.165) is 0 Å². The molecule has 118 valence electrons. The lowest BCUT2D eigenvalue weighted by atomic mass is 9.90. The van der Waals surface area contributed by atoms with E-state index in [2.05, 4.69) is 9.20 Å². The van der Waals surface area contributed by atoms with Crippen molar-refractivity contribution in [2.45, 2.75) is 31.3 Å². The van der Waals surface area contributed by atoms with Gasteiger partial charge in [0.05, 0.1) is 18.6 Å². The molecule has 2 atom stereocenters. The molecular formula is C8H16O10P2. The molecule has 1 aliphatic carbocycles. The number of hydrogen-bond donors (Lipinski definition) is 5. The molecule has 5 N–H and O–H groups in total. The molecule has 1 rings (SSSR count). The van der Waals surface area contributed by atoms with Gasteiger partial charge in [0.2, 0.25) is 0 Å². The number of carboxylic acids is 1. The second kappa shape index (κ2) is 6.21. The molecule has 0 saturated heterocycles. The Kier molecular flexibility index (Phi) is 5.51. The number of carboxylic acid groups (broad SMARTS) is 1. The monoisotopic (exact) mass is 334 g/mol. The molecule has 0 spiro atoms. The highest BCUT2D eigenvalue weighted by atomic mass is 32.1. The maximum atomic E-state index is 11.4. The predicted molar refractivity (Wildman–Crippen MR) is 63.9 cm³/mol. The van der Waals surface area contributed by atoms with E-state index < -0.39 is 39.2 Å². The first-order chi connectivity index (χ1) is 9.04. The van der Waals surface area contributed by atoms with Crippen LogP contribution in [-0.2, 0) is 23.1 Å². The van der Waals surface area contributed by atoms with Gasteiger partial charge in [0.15, 0.2) is 0 Å². The first-order valence-electron chi connectivity index (χ1n) is 5.62. The van der Waals surface area contributed by atoms with Gasteiger partial charge in [-0.05, 0) is 18.8 Å². The third kappa shape index (κ3) is 4.34. The topological polar surface area (TPSA) is 171 Å². The highest BCUT2D eigenvalue weighted by molar-refractivity contribution is 8.26. The number of hydrogen-bond acceptors (Lipinski definition) is 7. The Morgan fingerprint density at radius 3 is 2.20 bits per heavy atom. The third-order valence-electron chi connectivity index (χ3n) is 3.01. The largest absolute Gasteiger partial charge is 0.481 e. The summed E-state index contributed by atoms with van der Waals surface area (Å²) in [5.41, 5.74) is -1.61. The number of aliphatic carboxylic acids is 1. The van der Waals surface area contributed by atoms with Gasteiger partial charge in [0, 0.05) is 6.42 Å². The second-order valence-electron chi connectivity index (χ2n) is 4.60. The van der Waals surface area contributed by atoms with Crippen LogP contribution in [0.4, 0.5) is 0 Å². The zero-order valence-corrected chi connectivity index (χ0v) is 12.1. The predicted octanol–water partition coefficient (Wildman–Crippen LogP) is 0.784. The Labute approximate surface area is 113 Å². The van der Waals surface area contributed by atoms with E-state index in [1.165, 1.54) is 0 Å². The molecule has 1 aliphatic rings. The first-order valence-corrected chi connectivity index (χ1v) is 9.48. The van der Waals surface area contributed by atoms with E-state index in [0.29, 0.717) is 12.8 Å². The highest BCUT2D eigenvalue weighted by Gasteiger charge is 2.49. The number of aliphatic hydroxyl groups is 1. The normalized spacial score (nSPS) is 22.0. The average Bonchev–Trinajstić information content (AvgIpc) is 3.09. The van der Waals surface area contributed by atoms with Gasteiger partial charge in [-0.3, -0.25) is 9.32 Å². The Morgan fingerprint density at radius 1 is 1.30 bits per heavy atom. The van der Waals surface area contributed by atoms with Crippen LogP contribution in [0.1, 0.15) is 25.7 Å². The first kappa shape index (κ1) is 17.7. The van der Waals surface area contributed by atoms with Crippen molar-refractivity contribution in [3.05, 3.63) is 0 Å². The molecule has 2 unspecified atom stereocenters. The Hall–Kier alpha value is -0.310. The summed E-state index contributed by atoms with van der Waals surface area (Å²) in [5, 5.41) is 27.1. The highest BCUT2D eigenvalue weighted by Crippen LogP contribution is 2.77. The third-order valence-corrected chi connectivity index (χ3v) is 6.84. The molecule has 0 heterocycles. The van der Waals surface area contributed by atoms with Crippen LogP contribution in [0.3, 0.4) is 0 Å². The van der Waals surface area contributed by atoms with Crippen molar-refractivity contribution in [3.63, 3.8) is 0 Å². The minimum absolute atomic E-state index is 0.258. The molecule has 1 saturated carbocycles. The van der Waals surface area contributed by atoms with Crippen LogP contribution in [0.15, 0.2) is 0 Å². The number of rotatable bonds is 9. The van der Waals surface area contributed by atoms with E-state index in [-0.39, 0.29) is 12.3 Å². The molecule has 0 aromatic carbocycles. The summed E-state index contributed by atoms with van der Waals surface area (Å²) < 4.78 is 29.9. The lowest BCUT2D eigenvalue weighted by Gasteiger charge is -2.26. The lowest BCUT2D eigenvalue weighted by molar-refractivity contribution is -0.148. The van der Waals surface area contributed by atoms with Crippen LogP contribution in [0.25, 0.3) is 0 Å². The van der Waals surface area contributed by atoms with Gasteiger partial charge in [-0.15, -0.1) is 4.67 Å². The summed E-state index contributed by atoms with van der Waals surface area (Å²) in [6.45, 7) is -0.636. The van der Waals surface area contributed by atoms with Crippen LogP contribution >= 0.6 is 14.6 Å². The molecular weight excluding hydrogens is 318 g/mol. The van der Waals surface area contributed by atoms with E-state index in [1.54, 1.807) is 0 Å². The van der Waals surface area contributed by atoms with Crippen molar-refractivity contribution >= 4 is 20.5 Å². The van der Waals surface area contributed by atoms with Crippen molar-refractivity contribution in [1.82, 2.24) is 0 Å².